The lowest BCUT2D eigenvalue weighted by Crippen LogP contribution is -2.22. The normalized spacial score (nSPS) is 13.0. The van der Waals surface area contributed by atoms with Crippen molar-refractivity contribution in [2.75, 3.05) is 13.2 Å². The Morgan fingerprint density at radius 3 is 1.91 bits per heavy atom. The summed E-state index contributed by atoms with van der Waals surface area (Å²) in [5.74, 6) is -0.876. The summed E-state index contributed by atoms with van der Waals surface area (Å²) in [6, 6.07) is 21.0. The van der Waals surface area contributed by atoms with Gasteiger partial charge in [-0.1, -0.05) is 56.0 Å². The number of benzene rings is 3. The van der Waals surface area contributed by atoms with Crippen LogP contribution in [-0.4, -0.2) is 43.2 Å². The average Bonchev–Trinajstić information content (AvgIpc) is 3.07. The lowest BCUT2D eigenvalue weighted by atomic mass is 9.98. The van der Waals surface area contributed by atoms with Crippen LogP contribution in [-0.2, 0) is 28.7 Å². The van der Waals surface area contributed by atoms with Gasteiger partial charge in [-0.15, -0.1) is 0 Å². The minimum Gasteiger partial charge on any atom is -0.490 e. The van der Waals surface area contributed by atoms with Crippen LogP contribution >= 0.6 is 0 Å². The van der Waals surface area contributed by atoms with Crippen molar-refractivity contribution in [3.63, 3.8) is 0 Å². The second-order valence-electron chi connectivity index (χ2n) is 11.1. The predicted octanol–water partition coefficient (Wildman–Crippen LogP) is 7.20. The number of hydrogen-bond donors (Lipinski definition) is 0. The molecule has 244 valence electrons. The molecule has 1 saturated carbocycles. The topological polar surface area (TPSA) is 114 Å². The Labute approximate surface area is 274 Å². The molecule has 0 spiro atoms. The monoisotopic (exact) mass is 638 g/mol. The van der Waals surface area contributed by atoms with Gasteiger partial charge in [0.25, 0.3) is 0 Å². The van der Waals surface area contributed by atoms with Crippen LogP contribution in [0.3, 0.4) is 0 Å². The molecular weight excluding hydrogens is 600 g/mol. The molecule has 0 aromatic heterocycles. The number of esters is 4. The van der Waals surface area contributed by atoms with Crippen LogP contribution in [0.4, 0.5) is 0 Å². The van der Waals surface area contributed by atoms with Crippen molar-refractivity contribution in [2.45, 2.75) is 51.6 Å². The zero-order chi connectivity index (χ0) is 33.6. The maximum Gasteiger partial charge on any atom is 0.339 e. The van der Waals surface area contributed by atoms with Crippen LogP contribution in [0.5, 0.6) is 17.2 Å². The number of hydrogen-bond acceptors (Lipinski definition) is 9. The van der Waals surface area contributed by atoms with Crippen LogP contribution in [0.1, 0.15) is 51.0 Å². The zero-order valence-corrected chi connectivity index (χ0v) is 26.4. The molecule has 0 saturated heterocycles. The molecule has 0 heterocycles. The first-order valence-electron chi connectivity index (χ1n) is 15.4. The van der Waals surface area contributed by atoms with Crippen molar-refractivity contribution >= 4 is 30.0 Å². The molecule has 9 heteroatoms. The Balaban J connectivity index is 1.19. The van der Waals surface area contributed by atoms with Gasteiger partial charge < -0.3 is 23.7 Å². The number of carbonyl (C=O) groups excluding carboxylic acids is 4. The van der Waals surface area contributed by atoms with Gasteiger partial charge in [0, 0.05) is 17.2 Å². The van der Waals surface area contributed by atoms with E-state index in [0.717, 1.165) is 43.2 Å². The molecule has 0 aliphatic heterocycles. The highest BCUT2D eigenvalue weighted by molar-refractivity contribution is 5.94. The van der Waals surface area contributed by atoms with Crippen LogP contribution in [0, 0.1) is 0 Å². The first-order chi connectivity index (χ1) is 22.7. The summed E-state index contributed by atoms with van der Waals surface area (Å²) in [5, 5.41) is 0. The first kappa shape index (κ1) is 34.4. The van der Waals surface area contributed by atoms with Crippen molar-refractivity contribution in [3.05, 3.63) is 109 Å². The van der Waals surface area contributed by atoms with Crippen LogP contribution in [0.2, 0.25) is 0 Å². The van der Waals surface area contributed by atoms with Crippen molar-refractivity contribution in [1.29, 1.82) is 0 Å². The Kier molecular flexibility index (Phi) is 12.7. The molecule has 3 aromatic carbocycles. The number of carbonyl (C=O) groups is 4. The summed E-state index contributed by atoms with van der Waals surface area (Å²) in [7, 11) is 0. The van der Waals surface area contributed by atoms with Crippen molar-refractivity contribution in [3.8, 4) is 28.4 Å². The standard InChI is InChI=1S/C38H38O9/c1-26(2)37(41)44-24-23-43-31-18-12-29(13-19-31)30-14-20-33(21-15-30)45-35(39)22-11-28-9-16-34(17-10-28)47-38(42)27(3)25-36(40)46-32-7-5-4-6-8-32/h9-22,32H,1,3-8,23-25H2,2H3/b22-11+. The van der Waals surface area contributed by atoms with Gasteiger partial charge in [0.15, 0.2) is 0 Å². The van der Waals surface area contributed by atoms with Gasteiger partial charge >= 0.3 is 23.9 Å². The van der Waals surface area contributed by atoms with E-state index in [0.29, 0.717) is 22.6 Å². The minimum atomic E-state index is -0.703. The fourth-order valence-electron chi connectivity index (χ4n) is 4.67. The third-order valence-electron chi connectivity index (χ3n) is 7.19. The molecule has 4 rings (SSSR count). The van der Waals surface area contributed by atoms with Gasteiger partial charge in [-0.3, -0.25) is 4.79 Å². The van der Waals surface area contributed by atoms with Crippen LogP contribution in [0.15, 0.2) is 103 Å². The van der Waals surface area contributed by atoms with E-state index in [2.05, 4.69) is 13.2 Å². The summed E-state index contributed by atoms with van der Waals surface area (Å²) >= 11 is 0. The maximum atomic E-state index is 12.4. The van der Waals surface area contributed by atoms with Crippen LogP contribution < -0.4 is 14.2 Å². The van der Waals surface area contributed by atoms with E-state index in [4.69, 9.17) is 23.7 Å². The molecule has 0 N–H and O–H groups in total. The molecule has 0 atom stereocenters. The van der Waals surface area contributed by atoms with Gasteiger partial charge in [-0.25, -0.2) is 14.4 Å². The molecule has 1 aliphatic carbocycles. The second-order valence-corrected chi connectivity index (χ2v) is 11.1. The van der Waals surface area contributed by atoms with Gasteiger partial charge in [-0.2, -0.15) is 0 Å². The molecule has 47 heavy (non-hydrogen) atoms. The molecule has 1 fully saturated rings. The van der Waals surface area contributed by atoms with E-state index in [1.165, 1.54) is 6.08 Å². The maximum absolute atomic E-state index is 12.4. The Bertz CT molecular complexity index is 1590. The van der Waals surface area contributed by atoms with Crippen molar-refractivity contribution in [2.24, 2.45) is 0 Å². The smallest absolute Gasteiger partial charge is 0.339 e. The largest absolute Gasteiger partial charge is 0.490 e. The van der Waals surface area contributed by atoms with E-state index in [1.54, 1.807) is 49.4 Å². The SMILES string of the molecule is C=C(C)C(=O)OCCOc1ccc(-c2ccc(OC(=O)/C=C/c3ccc(OC(=O)C(=C)CC(=O)OC4CCCCC4)cc3)cc2)cc1. The van der Waals surface area contributed by atoms with E-state index in [9.17, 15) is 19.2 Å². The summed E-state index contributed by atoms with van der Waals surface area (Å²) < 4.78 is 26.8. The first-order valence-corrected chi connectivity index (χ1v) is 15.4. The zero-order valence-electron chi connectivity index (χ0n) is 26.4. The van der Waals surface area contributed by atoms with Gasteiger partial charge in [0.1, 0.15) is 36.6 Å². The summed E-state index contributed by atoms with van der Waals surface area (Å²) in [4.78, 5) is 48.3. The predicted molar refractivity (Wildman–Crippen MR) is 177 cm³/mol. The lowest BCUT2D eigenvalue weighted by Gasteiger charge is -2.21. The highest BCUT2D eigenvalue weighted by Gasteiger charge is 2.20. The lowest BCUT2D eigenvalue weighted by molar-refractivity contribution is -0.150. The minimum absolute atomic E-state index is 0.0190. The fraction of sp³-hybridized carbons (Fsp3) is 0.263. The summed E-state index contributed by atoms with van der Waals surface area (Å²) in [6.45, 7) is 9.15. The number of rotatable bonds is 14. The molecular formula is C38H38O9. The Hall–Kier alpha value is -5.44. The summed E-state index contributed by atoms with van der Waals surface area (Å²) in [6.07, 6.45) is 7.50. The quantitative estimate of drug-likeness (QED) is 0.0783. The Morgan fingerprint density at radius 1 is 0.723 bits per heavy atom. The molecule has 1 aliphatic rings. The third-order valence-corrected chi connectivity index (χ3v) is 7.19. The van der Waals surface area contributed by atoms with E-state index < -0.39 is 23.9 Å². The number of ether oxygens (including phenoxy) is 5. The van der Waals surface area contributed by atoms with Crippen molar-refractivity contribution < 1.29 is 42.9 Å². The summed E-state index contributed by atoms with van der Waals surface area (Å²) in [5.41, 5.74) is 2.91. The van der Waals surface area contributed by atoms with E-state index in [-0.39, 0.29) is 37.1 Å². The van der Waals surface area contributed by atoms with Crippen molar-refractivity contribution in [1.82, 2.24) is 0 Å². The van der Waals surface area contributed by atoms with E-state index in [1.807, 2.05) is 36.4 Å². The highest BCUT2D eigenvalue weighted by Crippen LogP contribution is 2.25. The second kappa shape index (κ2) is 17.3. The Morgan fingerprint density at radius 2 is 1.30 bits per heavy atom. The van der Waals surface area contributed by atoms with E-state index >= 15 is 0 Å². The molecule has 3 aromatic rings. The third kappa shape index (κ3) is 11.5. The molecule has 0 radical (unpaired) electrons. The molecule has 9 nitrogen and oxygen atoms in total. The van der Waals surface area contributed by atoms with Gasteiger partial charge in [0.2, 0.25) is 0 Å². The van der Waals surface area contributed by atoms with Gasteiger partial charge in [0.05, 0.1) is 6.42 Å². The highest BCUT2D eigenvalue weighted by atomic mass is 16.6. The molecule has 0 bridgehead atoms. The van der Waals surface area contributed by atoms with Crippen LogP contribution in [0.25, 0.3) is 17.2 Å². The fourth-order valence-corrected chi connectivity index (χ4v) is 4.67. The molecule has 0 amide bonds. The van der Waals surface area contributed by atoms with Gasteiger partial charge in [-0.05, 0) is 91.8 Å². The average molecular weight is 639 g/mol. The molecule has 0 unspecified atom stereocenters.